The van der Waals surface area contributed by atoms with Gasteiger partial charge < -0.3 is 14.6 Å². The second-order valence-electron chi connectivity index (χ2n) is 5.30. The molecule has 1 aromatic heterocycles. The molecule has 8 heteroatoms. The van der Waals surface area contributed by atoms with Crippen LogP contribution in [0.3, 0.4) is 0 Å². The van der Waals surface area contributed by atoms with Crippen LogP contribution in [0.4, 0.5) is 0 Å². The third-order valence-corrected chi connectivity index (χ3v) is 3.87. The van der Waals surface area contributed by atoms with Crippen LogP contribution in [0.15, 0.2) is 47.6 Å². The minimum Gasteiger partial charge on any atom is -0.504 e. The standard InChI is InChI=1S/C18H18N4O3S/c1-3-25-16-10-12(4-9-15(16)23)11-19-22-17(20-21-18(22)26)13-5-7-14(24-2)8-6-13/h4-11,23H,3H2,1-2H3,(H,21,26). The molecule has 1 heterocycles. The summed E-state index contributed by atoms with van der Waals surface area (Å²) < 4.78 is 12.5. The summed E-state index contributed by atoms with van der Waals surface area (Å²) in [5.41, 5.74) is 1.60. The van der Waals surface area contributed by atoms with E-state index in [0.29, 0.717) is 23.0 Å². The van der Waals surface area contributed by atoms with E-state index < -0.39 is 0 Å². The molecule has 134 valence electrons. The minimum atomic E-state index is 0.0860. The van der Waals surface area contributed by atoms with Crippen molar-refractivity contribution in [1.82, 2.24) is 14.9 Å². The maximum atomic E-state index is 9.78. The van der Waals surface area contributed by atoms with Gasteiger partial charge in [0, 0.05) is 5.56 Å². The number of H-pyrrole nitrogens is 1. The zero-order chi connectivity index (χ0) is 18.5. The van der Waals surface area contributed by atoms with Crippen LogP contribution in [0.5, 0.6) is 17.2 Å². The van der Waals surface area contributed by atoms with Gasteiger partial charge in [0.2, 0.25) is 4.77 Å². The lowest BCUT2D eigenvalue weighted by molar-refractivity contribution is 0.318. The van der Waals surface area contributed by atoms with Crippen molar-refractivity contribution < 1.29 is 14.6 Å². The lowest BCUT2D eigenvalue weighted by Gasteiger charge is -2.06. The Kier molecular flexibility index (Phi) is 5.33. The largest absolute Gasteiger partial charge is 0.504 e. The summed E-state index contributed by atoms with van der Waals surface area (Å²) >= 11 is 5.27. The van der Waals surface area contributed by atoms with Crippen LogP contribution >= 0.6 is 12.2 Å². The van der Waals surface area contributed by atoms with E-state index in [2.05, 4.69) is 15.3 Å². The molecule has 0 amide bonds. The summed E-state index contributed by atoms with van der Waals surface area (Å²) in [6, 6.07) is 12.4. The van der Waals surface area contributed by atoms with Crippen LogP contribution in [0, 0.1) is 4.77 Å². The molecule has 0 spiro atoms. The molecule has 2 N–H and O–H groups in total. The van der Waals surface area contributed by atoms with Crippen LogP contribution in [0.25, 0.3) is 11.4 Å². The van der Waals surface area contributed by atoms with Crippen molar-refractivity contribution in [2.75, 3.05) is 13.7 Å². The Hall–Kier alpha value is -3.13. The Morgan fingerprint density at radius 2 is 2.04 bits per heavy atom. The van der Waals surface area contributed by atoms with Crippen LogP contribution in [-0.4, -0.2) is 39.9 Å². The number of hydrogen-bond donors (Lipinski definition) is 2. The fourth-order valence-electron chi connectivity index (χ4n) is 2.33. The van der Waals surface area contributed by atoms with Crippen molar-refractivity contribution in [1.29, 1.82) is 0 Å². The van der Waals surface area contributed by atoms with Crippen molar-refractivity contribution in [3.63, 3.8) is 0 Å². The number of methoxy groups -OCH3 is 1. The molecule has 7 nitrogen and oxygen atoms in total. The fraction of sp³-hybridized carbons (Fsp3) is 0.167. The summed E-state index contributed by atoms with van der Waals surface area (Å²) in [5.74, 6) is 1.83. The average Bonchev–Trinajstić information content (AvgIpc) is 3.03. The molecule has 0 unspecified atom stereocenters. The van der Waals surface area contributed by atoms with Crippen LogP contribution in [0.2, 0.25) is 0 Å². The van der Waals surface area contributed by atoms with E-state index >= 15 is 0 Å². The van der Waals surface area contributed by atoms with Crippen LogP contribution in [0.1, 0.15) is 12.5 Å². The molecule has 3 aromatic rings. The van der Waals surface area contributed by atoms with E-state index in [9.17, 15) is 5.11 Å². The zero-order valence-corrected chi connectivity index (χ0v) is 15.2. The van der Waals surface area contributed by atoms with E-state index in [4.69, 9.17) is 21.7 Å². The number of benzene rings is 2. The molecular formula is C18H18N4O3S. The molecule has 0 saturated carbocycles. The Labute approximate surface area is 155 Å². The Morgan fingerprint density at radius 1 is 1.27 bits per heavy atom. The van der Waals surface area contributed by atoms with Gasteiger partial charge in [0.05, 0.1) is 19.9 Å². The van der Waals surface area contributed by atoms with Gasteiger partial charge in [0.25, 0.3) is 0 Å². The number of aromatic amines is 1. The summed E-state index contributed by atoms with van der Waals surface area (Å²) in [6.45, 7) is 2.31. The minimum absolute atomic E-state index is 0.0860. The molecule has 0 bridgehead atoms. The van der Waals surface area contributed by atoms with Gasteiger partial charge in [-0.25, -0.2) is 5.10 Å². The van der Waals surface area contributed by atoms with E-state index in [-0.39, 0.29) is 5.75 Å². The molecule has 0 aliphatic rings. The van der Waals surface area contributed by atoms with Gasteiger partial charge in [-0.3, -0.25) is 0 Å². The number of ether oxygens (including phenoxy) is 2. The number of hydrogen-bond acceptors (Lipinski definition) is 6. The second kappa shape index (κ2) is 7.83. The van der Waals surface area contributed by atoms with Gasteiger partial charge in [-0.2, -0.15) is 14.9 Å². The Morgan fingerprint density at radius 3 is 2.73 bits per heavy atom. The third-order valence-electron chi connectivity index (χ3n) is 3.60. The molecule has 0 radical (unpaired) electrons. The number of phenolic OH excluding ortho intramolecular Hbond substituents is 1. The maximum Gasteiger partial charge on any atom is 0.216 e. The number of aromatic nitrogens is 3. The number of nitrogens with zero attached hydrogens (tertiary/aromatic N) is 3. The second-order valence-corrected chi connectivity index (χ2v) is 5.68. The first-order valence-electron chi connectivity index (χ1n) is 7.94. The lowest BCUT2D eigenvalue weighted by atomic mass is 10.2. The van der Waals surface area contributed by atoms with Gasteiger partial charge in [0.1, 0.15) is 5.75 Å². The highest BCUT2D eigenvalue weighted by molar-refractivity contribution is 7.71. The number of nitrogens with one attached hydrogen (secondary N) is 1. The summed E-state index contributed by atoms with van der Waals surface area (Å²) in [4.78, 5) is 0. The Balaban J connectivity index is 1.93. The molecule has 0 saturated heterocycles. The van der Waals surface area contributed by atoms with Gasteiger partial charge in [-0.15, -0.1) is 0 Å². The number of phenols is 1. The highest BCUT2D eigenvalue weighted by atomic mass is 32.1. The van der Waals surface area contributed by atoms with Gasteiger partial charge in [-0.05, 0) is 67.2 Å². The van der Waals surface area contributed by atoms with Crippen molar-refractivity contribution >= 4 is 18.4 Å². The molecule has 0 fully saturated rings. The first-order valence-corrected chi connectivity index (χ1v) is 8.35. The average molecular weight is 370 g/mol. The lowest BCUT2D eigenvalue weighted by Crippen LogP contribution is -1.96. The SMILES string of the molecule is CCOc1cc(C=Nn2c(-c3ccc(OC)cc3)n[nH]c2=S)ccc1O. The highest BCUT2D eigenvalue weighted by Crippen LogP contribution is 2.26. The molecule has 0 aliphatic carbocycles. The topological polar surface area (TPSA) is 84.7 Å². The maximum absolute atomic E-state index is 9.78. The first kappa shape index (κ1) is 17.7. The third kappa shape index (κ3) is 3.75. The van der Waals surface area contributed by atoms with Gasteiger partial charge in [-0.1, -0.05) is 0 Å². The van der Waals surface area contributed by atoms with Crippen molar-refractivity contribution in [2.24, 2.45) is 5.10 Å². The normalized spacial score (nSPS) is 11.0. The predicted molar refractivity (Wildman–Crippen MR) is 102 cm³/mol. The van der Waals surface area contributed by atoms with Gasteiger partial charge in [0.15, 0.2) is 17.3 Å². The van der Waals surface area contributed by atoms with Crippen LogP contribution < -0.4 is 9.47 Å². The van der Waals surface area contributed by atoms with E-state index in [0.717, 1.165) is 16.9 Å². The number of aromatic hydroxyl groups is 1. The van der Waals surface area contributed by atoms with Crippen molar-refractivity contribution in [2.45, 2.75) is 6.92 Å². The quantitative estimate of drug-likeness (QED) is 0.511. The van der Waals surface area contributed by atoms with E-state index in [1.54, 1.807) is 31.5 Å². The molecule has 0 aliphatic heterocycles. The van der Waals surface area contributed by atoms with Crippen molar-refractivity contribution in [3.8, 4) is 28.6 Å². The van der Waals surface area contributed by atoms with Crippen LogP contribution in [-0.2, 0) is 0 Å². The zero-order valence-electron chi connectivity index (χ0n) is 14.3. The molecular weight excluding hydrogens is 352 g/mol. The number of rotatable bonds is 6. The molecule has 26 heavy (non-hydrogen) atoms. The smallest absolute Gasteiger partial charge is 0.216 e. The first-order chi connectivity index (χ1) is 12.6. The van der Waals surface area contributed by atoms with E-state index in [1.807, 2.05) is 31.2 Å². The van der Waals surface area contributed by atoms with Crippen molar-refractivity contribution in [3.05, 3.63) is 52.8 Å². The molecule has 3 rings (SSSR count). The van der Waals surface area contributed by atoms with Gasteiger partial charge >= 0.3 is 0 Å². The van der Waals surface area contributed by atoms with E-state index in [1.165, 1.54) is 4.68 Å². The predicted octanol–water partition coefficient (Wildman–Crippen LogP) is 3.60. The Bertz CT molecular complexity index is 977. The highest BCUT2D eigenvalue weighted by Gasteiger charge is 2.08. The molecule has 2 aromatic carbocycles. The molecule has 0 atom stereocenters. The fourth-order valence-corrected chi connectivity index (χ4v) is 2.51. The summed E-state index contributed by atoms with van der Waals surface area (Å²) in [7, 11) is 1.61. The monoisotopic (exact) mass is 370 g/mol. The summed E-state index contributed by atoms with van der Waals surface area (Å²) in [6.07, 6.45) is 1.63. The summed E-state index contributed by atoms with van der Waals surface area (Å²) in [5, 5.41) is 21.2.